The average molecular weight is 252 g/mol. The monoisotopic (exact) mass is 252 g/mol. The van der Waals surface area contributed by atoms with Crippen molar-refractivity contribution in [3.63, 3.8) is 0 Å². The molecule has 1 heterocycles. The predicted molar refractivity (Wildman–Crippen MR) is 60.9 cm³/mol. The van der Waals surface area contributed by atoms with Gasteiger partial charge in [0, 0.05) is 18.2 Å². The molecule has 6 heteroatoms. The minimum Gasteiger partial charge on any atom is -0.472 e. The lowest BCUT2D eigenvalue weighted by atomic mass is 10.1. The molecule has 18 heavy (non-hydrogen) atoms. The van der Waals surface area contributed by atoms with Crippen LogP contribution in [0, 0.1) is 11.6 Å². The van der Waals surface area contributed by atoms with Crippen LogP contribution in [-0.4, -0.2) is 5.91 Å². The fourth-order valence-electron chi connectivity index (χ4n) is 1.46. The third-order valence-electron chi connectivity index (χ3n) is 2.39. The van der Waals surface area contributed by atoms with Gasteiger partial charge in [-0.1, -0.05) is 0 Å². The number of primary amides is 1. The van der Waals surface area contributed by atoms with Gasteiger partial charge in [-0.25, -0.2) is 8.78 Å². The summed E-state index contributed by atoms with van der Waals surface area (Å²) in [5, 5.41) is 2.73. The van der Waals surface area contributed by atoms with E-state index in [1.54, 1.807) is 6.07 Å². The third kappa shape index (κ3) is 2.48. The molecule has 1 aromatic heterocycles. The van der Waals surface area contributed by atoms with Gasteiger partial charge in [0.25, 0.3) is 5.91 Å². The van der Waals surface area contributed by atoms with Gasteiger partial charge in [0.05, 0.1) is 23.8 Å². The van der Waals surface area contributed by atoms with Gasteiger partial charge in [0.1, 0.15) is 11.6 Å². The van der Waals surface area contributed by atoms with E-state index >= 15 is 0 Å². The maximum absolute atomic E-state index is 13.4. The van der Waals surface area contributed by atoms with Crippen molar-refractivity contribution in [2.24, 2.45) is 5.73 Å². The van der Waals surface area contributed by atoms with E-state index in [0.717, 1.165) is 11.6 Å². The van der Waals surface area contributed by atoms with Crippen LogP contribution < -0.4 is 11.1 Å². The Kier molecular flexibility index (Phi) is 3.27. The van der Waals surface area contributed by atoms with Crippen LogP contribution >= 0.6 is 0 Å². The maximum Gasteiger partial charge on any atom is 0.251 e. The largest absolute Gasteiger partial charge is 0.472 e. The molecule has 0 radical (unpaired) electrons. The second kappa shape index (κ2) is 4.87. The third-order valence-corrected chi connectivity index (χ3v) is 2.39. The number of nitrogens with one attached hydrogen (secondary N) is 1. The number of hydrogen-bond donors (Lipinski definition) is 2. The standard InChI is InChI=1S/C12H10F2N2O2/c13-9-4-10(14)11(3-8(9)12(15)17)16-5-7-1-2-18-6-7/h1-4,6,16H,5H2,(H2,15,17). The lowest BCUT2D eigenvalue weighted by molar-refractivity contribution is 0.0996. The Balaban J connectivity index is 2.22. The molecule has 94 valence electrons. The molecule has 0 atom stereocenters. The number of halogens is 2. The number of furan rings is 1. The normalized spacial score (nSPS) is 10.3. The number of hydrogen-bond acceptors (Lipinski definition) is 3. The first-order valence-corrected chi connectivity index (χ1v) is 5.11. The van der Waals surface area contributed by atoms with Crippen molar-refractivity contribution in [3.8, 4) is 0 Å². The molecule has 1 aromatic carbocycles. The van der Waals surface area contributed by atoms with Gasteiger partial charge in [-0.3, -0.25) is 4.79 Å². The summed E-state index contributed by atoms with van der Waals surface area (Å²) >= 11 is 0. The molecule has 2 aromatic rings. The SMILES string of the molecule is NC(=O)c1cc(NCc2ccoc2)c(F)cc1F. The Morgan fingerprint density at radius 1 is 1.33 bits per heavy atom. The van der Waals surface area contributed by atoms with E-state index in [4.69, 9.17) is 10.2 Å². The summed E-state index contributed by atoms with van der Waals surface area (Å²) < 4.78 is 31.5. The summed E-state index contributed by atoms with van der Waals surface area (Å²) in [6.07, 6.45) is 2.97. The Morgan fingerprint density at radius 3 is 2.72 bits per heavy atom. The highest BCUT2D eigenvalue weighted by Gasteiger charge is 2.13. The van der Waals surface area contributed by atoms with Crippen molar-refractivity contribution in [2.75, 3.05) is 5.32 Å². The van der Waals surface area contributed by atoms with Crippen LogP contribution in [0.3, 0.4) is 0 Å². The highest BCUT2D eigenvalue weighted by atomic mass is 19.1. The van der Waals surface area contributed by atoms with Crippen molar-refractivity contribution in [3.05, 3.63) is 53.5 Å². The van der Waals surface area contributed by atoms with Gasteiger partial charge in [-0.15, -0.1) is 0 Å². The van der Waals surface area contributed by atoms with E-state index in [-0.39, 0.29) is 17.8 Å². The zero-order valence-electron chi connectivity index (χ0n) is 9.24. The van der Waals surface area contributed by atoms with E-state index in [2.05, 4.69) is 5.32 Å². The van der Waals surface area contributed by atoms with Crippen molar-refractivity contribution >= 4 is 11.6 Å². The molecule has 0 saturated heterocycles. The molecule has 0 spiro atoms. The quantitative estimate of drug-likeness (QED) is 0.877. The summed E-state index contributed by atoms with van der Waals surface area (Å²) in [6.45, 7) is 0.289. The smallest absolute Gasteiger partial charge is 0.251 e. The molecule has 3 N–H and O–H groups in total. The van der Waals surface area contributed by atoms with E-state index in [0.29, 0.717) is 6.07 Å². The van der Waals surface area contributed by atoms with Gasteiger partial charge in [0.15, 0.2) is 0 Å². The Morgan fingerprint density at radius 2 is 2.11 bits per heavy atom. The van der Waals surface area contributed by atoms with Crippen LogP contribution in [0.5, 0.6) is 0 Å². The zero-order valence-corrected chi connectivity index (χ0v) is 9.24. The Hall–Kier alpha value is -2.37. The predicted octanol–water partition coefficient (Wildman–Crippen LogP) is 2.27. The van der Waals surface area contributed by atoms with Crippen molar-refractivity contribution in [1.82, 2.24) is 0 Å². The molecule has 0 fully saturated rings. The molecule has 4 nitrogen and oxygen atoms in total. The van der Waals surface area contributed by atoms with Crippen LogP contribution in [0.4, 0.5) is 14.5 Å². The molecule has 0 saturated carbocycles. The molecule has 2 rings (SSSR count). The minimum absolute atomic E-state index is 0.00593. The molecule has 0 aliphatic rings. The van der Waals surface area contributed by atoms with Crippen LogP contribution in [0.15, 0.2) is 35.1 Å². The lowest BCUT2D eigenvalue weighted by Crippen LogP contribution is -2.14. The second-order valence-electron chi connectivity index (χ2n) is 3.66. The molecule has 0 unspecified atom stereocenters. The summed E-state index contributed by atoms with van der Waals surface area (Å²) in [6, 6.07) is 3.37. The zero-order chi connectivity index (χ0) is 13.1. The number of anilines is 1. The lowest BCUT2D eigenvalue weighted by Gasteiger charge is -2.08. The van der Waals surface area contributed by atoms with Gasteiger partial charge in [-0.05, 0) is 12.1 Å². The summed E-state index contributed by atoms with van der Waals surface area (Å²) in [4.78, 5) is 10.9. The van der Waals surface area contributed by atoms with Crippen LogP contribution in [-0.2, 0) is 6.54 Å². The number of carbonyl (C=O) groups excluding carboxylic acids is 1. The van der Waals surface area contributed by atoms with Crippen LogP contribution in [0.2, 0.25) is 0 Å². The van der Waals surface area contributed by atoms with E-state index < -0.39 is 17.5 Å². The summed E-state index contributed by atoms with van der Waals surface area (Å²) in [5.41, 5.74) is 5.42. The van der Waals surface area contributed by atoms with Gasteiger partial charge in [0.2, 0.25) is 0 Å². The topological polar surface area (TPSA) is 68.3 Å². The van der Waals surface area contributed by atoms with Crippen molar-refractivity contribution in [2.45, 2.75) is 6.54 Å². The van der Waals surface area contributed by atoms with Gasteiger partial charge >= 0.3 is 0 Å². The van der Waals surface area contributed by atoms with Gasteiger partial charge in [-0.2, -0.15) is 0 Å². The van der Waals surface area contributed by atoms with Crippen molar-refractivity contribution < 1.29 is 18.0 Å². The molecular weight excluding hydrogens is 242 g/mol. The molecule has 0 bridgehead atoms. The molecule has 1 amide bonds. The van der Waals surface area contributed by atoms with Crippen LogP contribution in [0.25, 0.3) is 0 Å². The minimum atomic E-state index is -0.978. The number of carbonyl (C=O) groups is 1. The van der Waals surface area contributed by atoms with Crippen molar-refractivity contribution in [1.29, 1.82) is 0 Å². The van der Waals surface area contributed by atoms with Crippen LogP contribution in [0.1, 0.15) is 15.9 Å². The molecular formula is C12H10F2N2O2. The summed E-state index contributed by atoms with van der Waals surface area (Å²) in [7, 11) is 0. The number of amides is 1. The average Bonchev–Trinajstić information content (AvgIpc) is 2.80. The Bertz CT molecular complexity index is 568. The first kappa shape index (κ1) is 12.1. The first-order valence-electron chi connectivity index (χ1n) is 5.11. The highest BCUT2D eigenvalue weighted by Crippen LogP contribution is 2.20. The number of benzene rings is 1. The fraction of sp³-hybridized carbons (Fsp3) is 0.0833. The van der Waals surface area contributed by atoms with E-state index in [1.807, 2.05) is 0 Å². The fourth-order valence-corrected chi connectivity index (χ4v) is 1.46. The Labute approximate surface area is 101 Å². The maximum atomic E-state index is 13.4. The molecule has 0 aliphatic carbocycles. The van der Waals surface area contributed by atoms with Gasteiger partial charge < -0.3 is 15.5 Å². The van der Waals surface area contributed by atoms with E-state index in [1.165, 1.54) is 12.5 Å². The highest BCUT2D eigenvalue weighted by molar-refractivity contribution is 5.94. The number of rotatable bonds is 4. The first-order chi connectivity index (χ1) is 8.58. The number of nitrogens with two attached hydrogens (primary N) is 1. The van der Waals surface area contributed by atoms with E-state index in [9.17, 15) is 13.6 Å². The second-order valence-corrected chi connectivity index (χ2v) is 3.66. The summed E-state index contributed by atoms with van der Waals surface area (Å²) in [5.74, 6) is -2.71. The molecule has 0 aliphatic heterocycles.